The van der Waals surface area contributed by atoms with Crippen LogP contribution >= 0.6 is 0 Å². The Morgan fingerprint density at radius 2 is 2.05 bits per heavy atom. The number of hydrogen-bond donors (Lipinski definition) is 2. The molecule has 0 bridgehead atoms. The lowest BCUT2D eigenvalue weighted by atomic mass is 9.87. The van der Waals surface area contributed by atoms with Crippen LogP contribution in [-0.2, 0) is 12.8 Å². The first-order valence-corrected chi connectivity index (χ1v) is 8.25. The van der Waals surface area contributed by atoms with Crippen molar-refractivity contribution in [1.29, 1.82) is 0 Å². The highest BCUT2D eigenvalue weighted by atomic mass is 16.5. The number of rotatable bonds is 7. The van der Waals surface area contributed by atoms with Gasteiger partial charge in [-0.25, -0.2) is 0 Å². The third-order valence-electron chi connectivity index (χ3n) is 4.85. The molecule has 0 amide bonds. The molecule has 2 unspecified atom stereocenters. The maximum atomic E-state index is 10.2. The standard InChI is InChI=1S/C18H29NO2/c1-4-13(5-2)18(20)12-19-16-8-6-14-7-9-17(21-3)11-15(14)10-16/h7,9,11,13,16,18-20H,4-6,8,10,12H2,1-3H3. The molecule has 1 aliphatic carbocycles. The number of aliphatic hydroxyl groups excluding tert-OH is 1. The molecular weight excluding hydrogens is 262 g/mol. The van der Waals surface area contributed by atoms with Crippen LogP contribution in [0.4, 0.5) is 0 Å². The van der Waals surface area contributed by atoms with Crippen LogP contribution in [0.3, 0.4) is 0 Å². The predicted molar refractivity (Wildman–Crippen MR) is 86.9 cm³/mol. The summed E-state index contributed by atoms with van der Waals surface area (Å²) in [5.41, 5.74) is 2.82. The second-order valence-corrected chi connectivity index (χ2v) is 6.13. The normalized spacial score (nSPS) is 19.4. The van der Waals surface area contributed by atoms with Crippen molar-refractivity contribution < 1.29 is 9.84 Å². The Morgan fingerprint density at radius 3 is 2.71 bits per heavy atom. The van der Waals surface area contributed by atoms with Crippen molar-refractivity contribution in [3.63, 3.8) is 0 Å². The van der Waals surface area contributed by atoms with Crippen LogP contribution in [0.15, 0.2) is 18.2 Å². The van der Waals surface area contributed by atoms with Crippen molar-refractivity contribution in [2.45, 2.75) is 58.1 Å². The molecule has 1 aromatic carbocycles. The number of methoxy groups -OCH3 is 1. The molecule has 21 heavy (non-hydrogen) atoms. The number of aliphatic hydroxyl groups is 1. The lowest BCUT2D eigenvalue weighted by Gasteiger charge is -2.28. The summed E-state index contributed by atoms with van der Waals surface area (Å²) in [6.45, 7) is 5.01. The first kappa shape index (κ1) is 16.3. The third kappa shape index (κ3) is 4.21. The maximum absolute atomic E-state index is 10.2. The zero-order valence-corrected chi connectivity index (χ0v) is 13.6. The lowest BCUT2D eigenvalue weighted by molar-refractivity contribution is 0.0976. The number of hydrogen-bond acceptors (Lipinski definition) is 3. The SMILES string of the molecule is CCC(CC)C(O)CNC1CCc2ccc(OC)cc2C1. The van der Waals surface area contributed by atoms with Gasteiger partial charge >= 0.3 is 0 Å². The fourth-order valence-electron chi connectivity index (χ4n) is 3.32. The first-order valence-electron chi connectivity index (χ1n) is 8.25. The Labute approximate surface area is 128 Å². The predicted octanol–water partition coefficient (Wildman–Crippen LogP) is 2.94. The van der Waals surface area contributed by atoms with Gasteiger partial charge in [0, 0.05) is 12.6 Å². The van der Waals surface area contributed by atoms with E-state index in [0.717, 1.165) is 37.9 Å². The zero-order chi connectivity index (χ0) is 15.2. The molecule has 0 aliphatic heterocycles. The molecule has 0 spiro atoms. The fourth-order valence-corrected chi connectivity index (χ4v) is 3.32. The van der Waals surface area contributed by atoms with Crippen molar-refractivity contribution >= 4 is 0 Å². The summed E-state index contributed by atoms with van der Waals surface area (Å²) in [6.07, 6.45) is 5.15. The second kappa shape index (κ2) is 7.81. The van der Waals surface area contributed by atoms with Crippen LogP contribution in [0.5, 0.6) is 5.75 Å². The van der Waals surface area contributed by atoms with Gasteiger partial charge in [0.25, 0.3) is 0 Å². The van der Waals surface area contributed by atoms with E-state index in [-0.39, 0.29) is 6.10 Å². The first-order chi connectivity index (χ1) is 10.2. The largest absolute Gasteiger partial charge is 0.497 e. The van der Waals surface area contributed by atoms with Gasteiger partial charge in [0.05, 0.1) is 13.2 Å². The minimum absolute atomic E-state index is 0.230. The Kier molecular flexibility index (Phi) is 6.07. The number of aryl methyl sites for hydroxylation is 1. The van der Waals surface area contributed by atoms with E-state index in [2.05, 4.69) is 31.3 Å². The minimum Gasteiger partial charge on any atom is -0.497 e. The third-order valence-corrected chi connectivity index (χ3v) is 4.85. The summed E-state index contributed by atoms with van der Waals surface area (Å²) in [7, 11) is 1.71. The Morgan fingerprint density at radius 1 is 1.29 bits per heavy atom. The van der Waals surface area contributed by atoms with E-state index in [0.29, 0.717) is 18.5 Å². The zero-order valence-electron chi connectivity index (χ0n) is 13.6. The molecular formula is C18H29NO2. The highest BCUT2D eigenvalue weighted by Crippen LogP contribution is 2.25. The van der Waals surface area contributed by atoms with Crippen molar-refractivity contribution in [1.82, 2.24) is 5.32 Å². The second-order valence-electron chi connectivity index (χ2n) is 6.13. The Bertz CT molecular complexity index is 443. The fraction of sp³-hybridized carbons (Fsp3) is 0.667. The summed E-state index contributed by atoms with van der Waals surface area (Å²) in [5, 5.41) is 13.8. The van der Waals surface area contributed by atoms with E-state index >= 15 is 0 Å². The van der Waals surface area contributed by atoms with Gasteiger partial charge in [0.2, 0.25) is 0 Å². The van der Waals surface area contributed by atoms with Crippen LogP contribution in [0.25, 0.3) is 0 Å². The molecule has 0 saturated carbocycles. The van der Waals surface area contributed by atoms with E-state index in [9.17, 15) is 5.11 Å². The molecule has 0 heterocycles. The van der Waals surface area contributed by atoms with Gasteiger partial charge in [-0.1, -0.05) is 32.8 Å². The van der Waals surface area contributed by atoms with Gasteiger partial charge in [0.1, 0.15) is 5.75 Å². The molecule has 3 heteroatoms. The highest BCUT2D eigenvalue weighted by Gasteiger charge is 2.21. The minimum atomic E-state index is -0.230. The molecule has 118 valence electrons. The van der Waals surface area contributed by atoms with Crippen LogP contribution in [0.2, 0.25) is 0 Å². The molecule has 0 radical (unpaired) electrons. The van der Waals surface area contributed by atoms with E-state index in [1.54, 1.807) is 7.11 Å². The number of fused-ring (bicyclic) bond motifs is 1. The molecule has 2 N–H and O–H groups in total. The van der Waals surface area contributed by atoms with Crippen LogP contribution in [-0.4, -0.2) is 30.9 Å². The van der Waals surface area contributed by atoms with E-state index in [4.69, 9.17) is 4.74 Å². The van der Waals surface area contributed by atoms with E-state index < -0.39 is 0 Å². The average molecular weight is 291 g/mol. The summed E-state index contributed by atoms with van der Waals surface area (Å²) < 4.78 is 5.31. The van der Waals surface area contributed by atoms with Gasteiger partial charge < -0.3 is 15.2 Å². The molecule has 0 aromatic heterocycles. The van der Waals surface area contributed by atoms with Gasteiger partial charge in [0.15, 0.2) is 0 Å². The Balaban J connectivity index is 1.89. The molecule has 0 fully saturated rings. The van der Waals surface area contributed by atoms with Crippen LogP contribution < -0.4 is 10.1 Å². The number of ether oxygens (including phenoxy) is 1. The molecule has 3 nitrogen and oxygen atoms in total. The molecule has 2 rings (SSSR count). The maximum Gasteiger partial charge on any atom is 0.119 e. The van der Waals surface area contributed by atoms with Gasteiger partial charge in [-0.05, 0) is 48.4 Å². The van der Waals surface area contributed by atoms with Crippen molar-refractivity contribution in [2.24, 2.45) is 5.92 Å². The number of benzene rings is 1. The summed E-state index contributed by atoms with van der Waals surface area (Å²) in [5.74, 6) is 1.35. The van der Waals surface area contributed by atoms with Crippen LogP contribution in [0.1, 0.15) is 44.2 Å². The summed E-state index contributed by atoms with van der Waals surface area (Å²) >= 11 is 0. The van der Waals surface area contributed by atoms with Crippen molar-refractivity contribution in [3.05, 3.63) is 29.3 Å². The van der Waals surface area contributed by atoms with Crippen LogP contribution in [0, 0.1) is 5.92 Å². The van der Waals surface area contributed by atoms with E-state index in [1.807, 2.05) is 6.07 Å². The molecule has 1 aliphatic rings. The molecule has 0 saturated heterocycles. The van der Waals surface area contributed by atoms with Crippen molar-refractivity contribution in [3.8, 4) is 5.75 Å². The highest BCUT2D eigenvalue weighted by molar-refractivity contribution is 5.37. The average Bonchev–Trinajstić information content (AvgIpc) is 2.53. The smallest absolute Gasteiger partial charge is 0.119 e. The monoisotopic (exact) mass is 291 g/mol. The number of nitrogens with one attached hydrogen (secondary N) is 1. The summed E-state index contributed by atoms with van der Waals surface area (Å²) in [6, 6.07) is 6.85. The van der Waals surface area contributed by atoms with E-state index in [1.165, 1.54) is 11.1 Å². The molecule has 1 aromatic rings. The van der Waals surface area contributed by atoms with Gasteiger partial charge in [-0.3, -0.25) is 0 Å². The molecule has 2 atom stereocenters. The summed E-state index contributed by atoms with van der Waals surface area (Å²) in [4.78, 5) is 0. The Hall–Kier alpha value is -1.06. The lowest BCUT2D eigenvalue weighted by Crippen LogP contribution is -2.41. The van der Waals surface area contributed by atoms with Gasteiger partial charge in [-0.15, -0.1) is 0 Å². The topological polar surface area (TPSA) is 41.5 Å². The van der Waals surface area contributed by atoms with Crippen molar-refractivity contribution in [2.75, 3.05) is 13.7 Å². The quantitative estimate of drug-likeness (QED) is 0.811. The van der Waals surface area contributed by atoms with Gasteiger partial charge in [-0.2, -0.15) is 0 Å².